The van der Waals surface area contributed by atoms with Crippen molar-refractivity contribution in [2.24, 2.45) is 0 Å². The normalized spacial score (nSPS) is 10.7. The standard InChI is InChI=1S/C16H15N5O2/c1-3-23-15-13-14(20-16(17)21-15)18-8-12(19-13)11-6-4-10(5-7-11)9(2)22/h4-8H,3H2,1-2H3,(H2,17,18,20,21). The van der Waals surface area contributed by atoms with Crippen LogP contribution in [-0.4, -0.2) is 32.3 Å². The molecular weight excluding hydrogens is 294 g/mol. The summed E-state index contributed by atoms with van der Waals surface area (Å²) >= 11 is 0. The number of benzene rings is 1. The van der Waals surface area contributed by atoms with E-state index < -0.39 is 0 Å². The van der Waals surface area contributed by atoms with Gasteiger partial charge in [0.1, 0.15) is 0 Å². The van der Waals surface area contributed by atoms with Gasteiger partial charge in [0, 0.05) is 11.1 Å². The molecule has 3 rings (SSSR count). The zero-order chi connectivity index (χ0) is 16.4. The third-order valence-electron chi connectivity index (χ3n) is 3.26. The molecule has 0 unspecified atom stereocenters. The first-order valence-corrected chi connectivity index (χ1v) is 7.13. The molecule has 2 heterocycles. The Bertz CT molecular complexity index is 878. The first-order chi connectivity index (χ1) is 11.1. The Labute approximate surface area is 132 Å². The summed E-state index contributed by atoms with van der Waals surface area (Å²) in [6, 6.07) is 7.16. The molecule has 0 atom stereocenters. The first kappa shape index (κ1) is 14.8. The minimum Gasteiger partial charge on any atom is -0.476 e. The van der Waals surface area contributed by atoms with E-state index in [4.69, 9.17) is 10.5 Å². The number of anilines is 1. The number of hydrogen-bond donors (Lipinski definition) is 1. The van der Waals surface area contributed by atoms with Crippen LogP contribution >= 0.6 is 0 Å². The predicted molar refractivity (Wildman–Crippen MR) is 86.1 cm³/mol. The number of ether oxygens (including phenoxy) is 1. The number of fused-ring (bicyclic) bond motifs is 1. The van der Waals surface area contributed by atoms with Crippen LogP contribution in [0.25, 0.3) is 22.4 Å². The van der Waals surface area contributed by atoms with E-state index >= 15 is 0 Å². The number of aromatic nitrogens is 4. The van der Waals surface area contributed by atoms with E-state index in [2.05, 4.69) is 19.9 Å². The number of nitrogen functional groups attached to an aromatic ring is 1. The summed E-state index contributed by atoms with van der Waals surface area (Å²) in [5.74, 6) is 0.419. The number of carbonyl (C=O) groups excluding carboxylic acids is 1. The summed E-state index contributed by atoms with van der Waals surface area (Å²) in [6.45, 7) is 3.81. The van der Waals surface area contributed by atoms with Gasteiger partial charge in [0.25, 0.3) is 0 Å². The van der Waals surface area contributed by atoms with Gasteiger partial charge >= 0.3 is 0 Å². The number of nitrogens with two attached hydrogens (primary N) is 1. The number of Topliss-reactive ketones (excluding diaryl/α,β-unsaturated/α-hetero) is 1. The second-order valence-corrected chi connectivity index (χ2v) is 4.88. The van der Waals surface area contributed by atoms with Gasteiger partial charge in [-0.25, -0.2) is 9.97 Å². The summed E-state index contributed by atoms with van der Waals surface area (Å²) in [5.41, 5.74) is 8.60. The van der Waals surface area contributed by atoms with Crippen molar-refractivity contribution in [3.05, 3.63) is 36.0 Å². The zero-order valence-electron chi connectivity index (χ0n) is 12.8. The van der Waals surface area contributed by atoms with Gasteiger partial charge in [-0.05, 0) is 13.8 Å². The fourth-order valence-corrected chi connectivity index (χ4v) is 2.15. The lowest BCUT2D eigenvalue weighted by atomic mass is 10.1. The minimum absolute atomic E-state index is 0.0173. The van der Waals surface area contributed by atoms with Crippen molar-refractivity contribution < 1.29 is 9.53 Å². The summed E-state index contributed by atoms with van der Waals surface area (Å²) in [7, 11) is 0. The quantitative estimate of drug-likeness (QED) is 0.737. The van der Waals surface area contributed by atoms with Gasteiger partial charge in [-0.1, -0.05) is 24.3 Å². The summed E-state index contributed by atoms with van der Waals surface area (Å²) in [4.78, 5) is 28.3. The Hall–Kier alpha value is -3.09. The first-order valence-electron chi connectivity index (χ1n) is 7.13. The molecule has 0 fully saturated rings. The van der Waals surface area contributed by atoms with Crippen molar-refractivity contribution in [3.8, 4) is 17.1 Å². The van der Waals surface area contributed by atoms with Gasteiger partial charge in [-0.2, -0.15) is 9.97 Å². The van der Waals surface area contributed by atoms with Crippen LogP contribution in [0, 0.1) is 0 Å². The zero-order valence-corrected chi connectivity index (χ0v) is 12.8. The molecule has 0 radical (unpaired) electrons. The van der Waals surface area contributed by atoms with Gasteiger partial charge in [0.2, 0.25) is 11.8 Å². The highest BCUT2D eigenvalue weighted by molar-refractivity contribution is 5.94. The Balaban J connectivity index is 2.10. The van der Waals surface area contributed by atoms with Crippen molar-refractivity contribution in [3.63, 3.8) is 0 Å². The molecule has 2 aromatic heterocycles. The Morgan fingerprint density at radius 3 is 2.57 bits per heavy atom. The molecular formula is C16H15N5O2. The van der Waals surface area contributed by atoms with Crippen LogP contribution in [0.2, 0.25) is 0 Å². The number of carbonyl (C=O) groups is 1. The molecule has 7 heteroatoms. The molecule has 0 aliphatic heterocycles. The van der Waals surface area contributed by atoms with Gasteiger partial charge in [0.15, 0.2) is 16.9 Å². The average Bonchev–Trinajstić information content (AvgIpc) is 2.55. The minimum atomic E-state index is 0.0173. The molecule has 0 aliphatic carbocycles. The maximum absolute atomic E-state index is 11.3. The highest BCUT2D eigenvalue weighted by Crippen LogP contribution is 2.24. The van der Waals surface area contributed by atoms with Crippen LogP contribution in [0.15, 0.2) is 30.5 Å². The second-order valence-electron chi connectivity index (χ2n) is 4.88. The van der Waals surface area contributed by atoms with Gasteiger partial charge in [-0.15, -0.1) is 0 Å². The SMILES string of the molecule is CCOc1nc(N)nc2ncc(-c3ccc(C(C)=O)cc3)nc12. The van der Waals surface area contributed by atoms with Crippen molar-refractivity contribution in [2.75, 3.05) is 12.3 Å². The topological polar surface area (TPSA) is 104 Å². The van der Waals surface area contributed by atoms with Gasteiger partial charge < -0.3 is 10.5 Å². The van der Waals surface area contributed by atoms with Crippen molar-refractivity contribution >= 4 is 22.9 Å². The Morgan fingerprint density at radius 2 is 1.91 bits per heavy atom. The van der Waals surface area contributed by atoms with E-state index in [-0.39, 0.29) is 11.7 Å². The van der Waals surface area contributed by atoms with Crippen molar-refractivity contribution in [1.82, 2.24) is 19.9 Å². The molecule has 23 heavy (non-hydrogen) atoms. The lowest BCUT2D eigenvalue weighted by Crippen LogP contribution is -2.04. The Kier molecular flexibility index (Phi) is 3.84. The summed E-state index contributed by atoms with van der Waals surface area (Å²) < 4.78 is 5.46. The van der Waals surface area contributed by atoms with E-state index in [0.717, 1.165) is 5.56 Å². The molecule has 7 nitrogen and oxygen atoms in total. The largest absolute Gasteiger partial charge is 0.476 e. The van der Waals surface area contributed by atoms with E-state index in [0.29, 0.717) is 34.9 Å². The maximum atomic E-state index is 11.3. The third kappa shape index (κ3) is 2.94. The molecule has 0 aliphatic rings. The molecule has 2 N–H and O–H groups in total. The van der Waals surface area contributed by atoms with Crippen LogP contribution < -0.4 is 10.5 Å². The Morgan fingerprint density at radius 1 is 1.17 bits per heavy atom. The van der Waals surface area contributed by atoms with Gasteiger partial charge in [-0.3, -0.25) is 4.79 Å². The average molecular weight is 309 g/mol. The second kappa shape index (κ2) is 5.96. The van der Waals surface area contributed by atoms with E-state index in [1.807, 2.05) is 19.1 Å². The number of rotatable bonds is 4. The van der Waals surface area contributed by atoms with Crippen molar-refractivity contribution in [2.45, 2.75) is 13.8 Å². The lowest BCUT2D eigenvalue weighted by molar-refractivity contribution is 0.101. The fraction of sp³-hybridized carbons (Fsp3) is 0.188. The number of nitrogens with zero attached hydrogens (tertiary/aromatic N) is 4. The van der Waals surface area contributed by atoms with Crippen LogP contribution in [-0.2, 0) is 0 Å². The van der Waals surface area contributed by atoms with Crippen LogP contribution in [0.4, 0.5) is 5.95 Å². The highest BCUT2D eigenvalue weighted by atomic mass is 16.5. The monoisotopic (exact) mass is 309 g/mol. The number of hydrogen-bond acceptors (Lipinski definition) is 7. The molecule has 3 aromatic rings. The van der Waals surface area contributed by atoms with Crippen LogP contribution in [0.3, 0.4) is 0 Å². The third-order valence-corrected chi connectivity index (χ3v) is 3.26. The number of ketones is 1. The fourth-order valence-electron chi connectivity index (χ4n) is 2.15. The predicted octanol–water partition coefficient (Wildman–Crippen LogP) is 2.27. The van der Waals surface area contributed by atoms with Gasteiger partial charge in [0.05, 0.1) is 18.5 Å². The van der Waals surface area contributed by atoms with E-state index in [9.17, 15) is 4.79 Å². The van der Waals surface area contributed by atoms with Crippen LogP contribution in [0.1, 0.15) is 24.2 Å². The highest BCUT2D eigenvalue weighted by Gasteiger charge is 2.12. The molecule has 116 valence electrons. The molecule has 0 spiro atoms. The van der Waals surface area contributed by atoms with Crippen molar-refractivity contribution in [1.29, 1.82) is 0 Å². The lowest BCUT2D eigenvalue weighted by Gasteiger charge is -2.07. The summed E-state index contributed by atoms with van der Waals surface area (Å²) in [5, 5.41) is 0. The van der Waals surface area contributed by atoms with E-state index in [1.165, 1.54) is 6.92 Å². The summed E-state index contributed by atoms with van der Waals surface area (Å²) in [6.07, 6.45) is 1.60. The van der Waals surface area contributed by atoms with Crippen LogP contribution in [0.5, 0.6) is 5.88 Å². The molecule has 0 amide bonds. The molecule has 0 saturated carbocycles. The smallest absolute Gasteiger partial charge is 0.247 e. The van der Waals surface area contributed by atoms with E-state index in [1.54, 1.807) is 18.3 Å². The molecule has 1 aromatic carbocycles. The molecule has 0 saturated heterocycles. The maximum Gasteiger partial charge on any atom is 0.247 e. The molecule has 0 bridgehead atoms.